The molecule has 9 nitrogen and oxygen atoms in total. The zero-order chi connectivity index (χ0) is 19.4. The van der Waals surface area contributed by atoms with Crippen molar-refractivity contribution in [1.82, 2.24) is 25.1 Å². The minimum atomic E-state index is -4.75. The van der Waals surface area contributed by atoms with Crippen LogP contribution in [-0.4, -0.2) is 31.2 Å². The molecule has 1 N–H and O–H groups in total. The Morgan fingerprint density at radius 2 is 2.07 bits per heavy atom. The topological polar surface area (TPSA) is 116 Å². The van der Waals surface area contributed by atoms with Gasteiger partial charge in [-0.25, -0.2) is 14.8 Å². The van der Waals surface area contributed by atoms with E-state index in [2.05, 4.69) is 34.9 Å². The average molecular weight is 380 g/mol. The number of halogens is 3. The van der Waals surface area contributed by atoms with E-state index in [1.807, 2.05) is 0 Å². The summed E-state index contributed by atoms with van der Waals surface area (Å²) >= 11 is 0. The van der Waals surface area contributed by atoms with E-state index < -0.39 is 18.2 Å². The number of hydrogen-bond acceptors (Lipinski definition) is 8. The molecule has 0 aromatic carbocycles. The molecular weight excluding hydrogens is 369 g/mol. The molecule has 0 saturated heterocycles. The maximum absolute atomic E-state index is 12.4. The van der Waals surface area contributed by atoms with Gasteiger partial charge in [-0.3, -0.25) is 10.3 Å². The molecule has 0 aliphatic heterocycles. The van der Waals surface area contributed by atoms with Gasteiger partial charge in [0.1, 0.15) is 12.3 Å². The zero-order valence-corrected chi connectivity index (χ0v) is 13.7. The van der Waals surface area contributed by atoms with Crippen LogP contribution in [0.25, 0.3) is 11.5 Å². The van der Waals surface area contributed by atoms with Crippen LogP contribution in [0.4, 0.5) is 23.8 Å². The minimum absolute atomic E-state index is 0.0140. The number of alkyl halides is 3. The predicted octanol–water partition coefficient (Wildman–Crippen LogP) is 3.00. The molecule has 140 valence electrons. The molecule has 0 unspecified atom stereocenters. The van der Waals surface area contributed by atoms with Crippen molar-refractivity contribution in [2.45, 2.75) is 19.7 Å². The van der Waals surface area contributed by atoms with Crippen LogP contribution in [0.2, 0.25) is 0 Å². The lowest BCUT2D eigenvalue weighted by Crippen LogP contribution is -2.15. The van der Waals surface area contributed by atoms with E-state index in [4.69, 9.17) is 4.74 Å². The summed E-state index contributed by atoms with van der Waals surface area (Å²) < 4.78 is 46.5. The molecule has 0 spiro atoms. The number of amides is 1. The van der Waals surface area contributed by atoms with Crippen LogP contribution in [-0.2, 0) is 17.5 Å². The van der Waals surface area contributed by atoms with Gasteiger partial charge >= 0.3 is 18.2 Å². The molecular formula is C15H11F3N6O3. The largest absolute Gasteiger partial charge is 0.471 e. The third-order valence-corrected chi connectivity index (χ3v) is 3.25. The van der Waals surface area contributed by atoms with Crippen LogP contribution in [0.5, 0.6) is 0 Å². The van der Waals surface area contributed by atoms with E-state index >= 15 is 0 Å². The highest BCUT2D eigenvalue weighted by molar-refractivity contribution is 5.83. The van der Waals surface area contributed by atoms with Crippen LogP contribution in [0.15, 0.2) is 35.2 Å². The fourth-order valence-corrected chi connectivity index (χ4v) is 1.90. The first-order valence-electron chi connectivity index (χ1n) is 7.40. The number of nitrogens with one attached hydrogen (secondary N) is 1. The maximum Gasteiger partial charge on any atom is 0.471 e. The second-order valence-electron chi connectivity index (χ2n) is 5.16. The number of nitrogens with zero attached hydrogens (tertiary/aromatic N) is 5. The van der Waals surface area contributed by atoms with Crippen LogP contribution in [0, 0.1) is 6.92 Å². The molecule has 0 aliphatic rings. The smallest absolute Gasteiger partial charge is 0.444 e. The Morgan fingerprint density at radius 3 is 2.70 bits per heavy atom. The summed E-state index contributed by atoms with van der Waals surface area (Å²) in [6.45, 7) is 1.79. The molecule has 0 radical (unpaired) electrons. The SMILES string of the molecule is Cc1ncccc1COC(=O)Nc1cnc(-c2noc(C(F)(F)F)n2)cn1. The lowest BCUT2D eigenvalue weighted by atomic mass is 10.2. The third-order valence-electron chi connectivity index (χ3n) is 3.25. The highest BCUT2D eigenvalue weighted by Crippen LogP contribution is 2.28. The summed E-state index contributed by atoms with van der Waals surface area (Å²) in [5.74, 6) is -1.84. The van der Waals surface area contributed by atoms with Crippen LogP contribution in [0.3, 0.4) is 0 Å². The van der Waals surface area contributed by atoms with Gasteiger partial charge in [-0.05, 0) is 13.0 Å². The molecule has 1 amide bonds. The van der Waals surface area contributed by atoms with Gasteiger partial charge in [0, 0.05) is 17.5 Å². The number of aromatic nitrogens is 5. The van der Waals surface area contributed by atoms with Crippen molar-refractivity contribution in [3.63, 3.8) is 0 Å². The average Bonchev–Trinajstić information content (AvgIpc) is 3.12. The number of hydrogen-bond donors (Lipinski definition) is 1. The lowest BCUT2D eigenvalue weighted by molar-refractivity contribution is -0.159. The van der Waals surface area contributed by atoms with E-state index in [9.17, 15) is 18.0 Å². The Morgan fingerprint density at radius 1 is 1.26 bits per heavy atom. The molecule has 0 fully saturated rings. The first kappa shape index (κ1) is 18.2. The lowest BCUT2D eigenvalue weighted by Gasteiger charge is -2.07. The zero-order valence-electron chi connectivity index (χ0n) is 13.7. The molecule has 0 atom stereocenters. The summed E-state index contributed by atoms with van der Waals surface area (Å²) in [7, 11) is 0. The number of ether oxygens (including phenoxy) is 1. The number of pyridine rings is 1. The third kappa shape index (κ3) is 4.54. The summed E-state index contributed by atoms with van der Waals surface area (Å²) in [6.07, 6.45) is -1.70. The Labute approximate surface area is 149 Å². The van der Waals surface area contributed by atoms with Gasteiger partial charge in [0.2, 0.25) is 5.82 Å². The number of carbonyl (C=O) groups excluding carboxylic acids is 1. The van der Waals surface area contributed by atoms with Crippen molar-refractivity contribution in [2.24, 2.45) is 0 Å². The van der Waals surface area contributed by atoms with E-state index in [0.717, 1.165) is 23.7 Å². The van der Waals surface area contributed by atoms with Gasteiger partial charge in [-0.2, -0.15) is 18.2 Å². The number of rotatable bonds is 4. The van der Waals surface area contributed by atoms with Crippen molar-refractivity contribution in [3.05, 3.63) is 47.9 Å². The minimum Gasteiger partial charge on any atom is -0.444 e. The van der Waals surface area contributed by atoms with E-state index in [-0.39, 0.29) is 23.9 Å². The molecule has 0 aliphatic carbocycles. The van der Waals surface area contributed by atoms with Crippen molar-refractivity contribution in [1.29, 1.82) is 0 Å². The van der Waals surface area contributed by atoms with E-state index in [0.29, 0.717) is 0 Å². The monoisotopic (exact) mass is 380 g/mol. The van der Waals surface area contributed by atoms with Crippen molar-refractivity contribution < 1.29 is 27.2 Å². The molecule has 3 aromatic rings. The first-order valence-corrected chi connectivity index (χ1v) is 7.40. The van der Waals surface area contributed by atoms with E-state index in [1.165, 1.54) is 0 Å². The van der Waals surface area contributed by atoms with E-state index in [1.54, 1.807) is 25.3 Å². The van der Waals surface area contributed by atoms with Gasteiger partial charge in [-0.15, -0.1) is 0 Å². The highest BCUT2D eigenvalue weighted by atomic mass is 19.4. The molecule has 0 saturated carbocycles. The van der Waals surface area contributed by atoms with Crippen molar-refractivity contribution >= 4 is 11.9 Å². The second kappa shape index (κ2) is 7.35. The highest BCUT2D eigenvalue weighted by Gasteiger charge is 2.38. The maximum atomic E-state index is 12.4. The first-order chi connectivity index (χ1) is 12.8. The van der Waals surface area contributed by atoms with Gasteiger partial charge in [-0.1, -0.05) is 11.2 Å². The molecule has 12 heteroatoms. The number of carbonyl (C=O) groups is 1. The van der Waals surface area contributed by atoms with Crippen molar-refractivity contribution in [2.75, 3.05) is 5.32 Å². The van der Waals surface area contributed by atoms with Gasteiger partial charge in [0.25, 0.3) is 0 Å². The van der Waals surface area contributed by atoms with Crippen molar-refractivity contribution in [3.8, 4) is 11.5 Å². The molecule has 3 aromatic heterocycles. The fraction of sp³-hybridized carbons (Fsp3) is 0.200. The van der Waals surface area contributed by atoms with Crippen LogP contribution in [0.1, 0.15) is 17.1 Å². The Bertz CT molecular complexity index is 942. The summed E-state index contributed by atoms with van der Waals surface area (Å²) in [6, 6.07) is 3.49. The quantitative estimate of drug-likeness (QED) is 0.734. The van der Waals surface area contributed by atoms with Gasteiger partial charge in [0.05, 0.1) is 12.4 Å². The Balaban J connectivity index is 1.59. The number of anilines is 1. The summed E-state index contributed by atoms with van der Waals surface area (Å²) in [5, 5.41) is 5.53. The van der Waals surface area contributed by atoms with Gasteiger partial charge in [0.15, 0.2) is 5.82 Å². The van der Waals surface area contributed by atoms with Crippen LogP contribution >= 0.6 is 0 Å². The molecule has 27 heavy (non-hydrogen) atoms. The fourth-order valence-electron chi connectivity index (χ4n) is 1.90. The summed E-state index contributed by atoms with van der Waals surface area (Å²) in [4.78, 5) is 26.7. The second-order valence-corrected chi connectivity index (χ2v) is 5.16. The van der Waals surface area contributed by atoms with Crippen LogP contribution < -0.4 is 5.32 Å². The molecule has 0 bridgehead atoms. The predicted molar refractivity (Wildman–Crippen MR) is 83.1 cm³/mol. The Hall–Kier alpha value is -3.57. The molecule has 3 heterocycles. The normalized spacial score (nSPS) is 11.3. The molecule has 3 rings (SSSR count). The number of aryl methyl sites for hydroxylation is 1. The van der Waals surface area contributed by atoms with Gasteiger partial charge < -0.3 is 9.26 Å². The Kier molecular flexibility index (Phi) is 4.96. The summed E-state index contributed by atoms with van der Waals surface area (Å²) in [5.41, 5.74) is 1.42. The standard InChI is InChI=1S/C15H11F3N6O3/c1-8-9(3-2-4-19-8)7-26-14(25)22-11-6-20-10(5-21-11)12-23-13(27-24-12)15(16,17)18/h2-6H,7H2,1H3,(H,21,22,25).